The van der Waals surface area contributed by atoms with Crippen LogP contribution in [0.1, 0.15) is 432 Å². The quantitative estimate of drug-likeness (QED) is 0.0261. The Balaban J connectivity index is 4.27. The van der Waals surface area contributed by atoms with Gasteiger partial charge in [0.25, 0.3) is 0 Å². The monoisotopic (exact) mass is 1170 g/mol. The van der Waals surface area contributed by atoms with Gasteiger partial charge in [-0.1, -0.05) is 366 Å². The normalized spacial score (nSPS) is 12.1. The van der Waals surface area contributed by atoms with Crippen LogP contribution >= 0.6 is 0 Å². The molecule has 83 heavy (non-hydrogen) atoms. The highest BCUT2D eigenvalue weighted by molar-refractivity contribution is 5.71. The summed E-state index contributed by atoms with van der Waals surface area (Å²) in [7, 11) is 0. The van der Waals surface area contributed by atoms with Crippen LogP contribution in [0.2, 0.25) is 0 Å². The molecule has 1 unspecified atom stereocenters. The first-order chi connectivity index (χ1) is 41.0. The number of allylic oxidation sites excluding steroid dienone is 4. The van der Waals surface area contributed by atoms with Gasteiger partial charge in [-0.05, 0) is 70.6 Å². The standard InChI is InChI=1S/C77H146O6/c1-4-7-10-13-16-19-22-25-28-31-33-35-37-38-40-41-43-46-49-52-55-58-61-64-67-70-76(79)82-73-74(72-81-75(78)69-66-63-60-57-54-51-48-45-30-27-24-21-18-15-12-9-6-3)83-77(80)71-68-65-62-59-56-53-50-47-44-42-39-36-34-32-29-26-23-20-17-14-11-8-5-2/h31-34,74H,4-30,35-73H2,1-3H3/b33-31-,34-32-. The van der Waals surface area contributed by atoms with E-state index in [0.717, 1.165) is 57.8 Å². The predicted octanol–water partition coefficient (Wildman–Crippen LogP) is 26.1. The van der Waals surface area contributed by atoms with E-state index in [2.05, 4.69) is 45.1 Å². The van der Waals surface area contributed by atoms with Crippen molar-refractivity contribution in [1.82, 2.24) is 0 Å². The van der Waals surface area contributed by atoms with Gasteiger partial charge in [-0.2, -0.15) is 0 Å². The summed E-state index contributed by atoms with van der Waals surface area (Å²) in [5.74, 6) is -0.829. The predicted molar refractivity (Wildman–Crippen MR) is 363 cm³/mol. The van der Waals surface area contributed by atoms with Gasteiger partial charge >= 0.3 is 17.9 Å². The lowest BCUT2D eigenvalue weighted by atomic mass is 10.0. The second-order valence-corrected chi connectivity index (χ2v) is 25.9. The number of hydrogen-bond donors (Lipinski definition) is 0. The second kappa shape index (κ2) is 72.4. The summed E-state index contributed by atoms with van der Waals surface area (Å²) in [6.07, 6.45) is 89.3. The van der Waals surface area contributed by atoms with Crippen molar-refractivity contribution in [2.24, 2.45) is 0 Å². The van der Waals surface area contributed by atoms with Crippen molar-refractivity contribution in [2.75, 3.05) is 13.2 Å². The lowest BCUT2D eigenvalue weighted by Crippen LogP contribution is -2.30. The van der Waals surface area contributed by atoms with Crippen LogP contribution in [0, 0.1) is 0 Å². The largest absolute Gasteiger partial charge is 0.462 e. The van der Waals surface area contributed by atoms with Crippen molar-refractivity contribution >= 4 is 17.9 Å². The number of hydrogen-bond acceptors (Lipinski definition) is 6. The van der Waals surface area contributed by atoms with Crippen LogP contribution in [0.3, 0.4) is 0 Å². The molecule has 0 rings (SSSR count). The lowest BCUT2D eigenvalue weighted by Gasteiger charge is -2.18. The summed E-state index contributed by atoms with van der Waals surface area (Å²) in [5.41, 5.74) is 0. The van der Waals surface area contributed by atoms with Gasteiger partial charge in [-0.3, -0.25) is 14.4 Å². The fourth-order valence-corrected chi connectivity index (χ4v) is 11.7. The minimum Gasteiger partial charge on any atom is -0.462 e. The van der Waals surface area contributed by atoms with Crippen LogP contribution in [-0.2, 0) is 28.6 Å². The lowest BCUT2D eigenvalue weighted by molar-refractivity contribution is -0.167. The third kappa shape index (κ3) is 70.5. The van der Waals surface area contributed by atoms with Crippen molar-refractivity contribution in [3.63, 3.8) is 0 Å². The third-order valence-corrected chi connectivity index (χ3v) is 17.4. The minimum absolute atomic E-state index is 0.0649. The van der Waals surface area contributed by atoms with Gasteiger partial charge in [0.2, 0.25) is 0 Å². The Morgan fingerprint density at radius 2 is 0.398 bits per heavy atom. The van der Waals surface area contributed by atoms with E-state index < -0.39 is 6.10 Å². The maximum atomic E-state index is 13.0. The summed E-state index contributed by atoms with van der Waals surface area (Å²) < 4.78 is 17.1. The Labute approximate surface area is 519 Å². The Bertz CT molecular complexity index is 1340. The Hall–Kier alpha value is -2.11. The smallest absolute Gasteiger partial charge is 0.306 e. The van der Waals surface area contributed by atoms with Gasteiger partial charge in [0, 0.05) is 19.3 Å². The zero-order valence-electron chi connectivity index (χ0n) is 56.5. The fraction of sp³-hybridized carbons (Fsp3) is 0.909. The maximum absolute atomic E-state index is 13.0. The third-order valence-electron chi connectivity index (χ3n) is 17.4. The molecule has 0 aromatic heterocycles. The first-order valence-corrected chi connectivity index (χ1v) is 37.8. The highest BCUT2D eigenvalue weighted by Gasteiger charge is 2.20. The first-order valence-electron chi connectivity index (χ1n) is 37.8. The van der Waals surface area contributed by atoms with E-state index in [0.29, 0.717) is 19.3 Å². The molecule has 490 valence electrons. The molecule has 0 heterocycles. The van der Waals surface area contributed by atoms with E-state index in [9.17, 15) is 14.4 Å². The zero-order chi connectivity index (χ0) is 59.9. The molecule has 0 aliphatic carbocycles. The number of unbranched alkanes of at least 4 members (excludes halogenated alkanes) is 56. The van der Waals surface area contributed by atoms with Crippen LogP contribution in [0.15, 0.2) is 24.3 Å². The average molecular weight is 1170 g/mol. The minimum atomic E-state index is -0.770. The van der Waals surface area contributed by atoms with Crippen LogP contribution in [0.5, 0.6) is 0 Å². The molecule has 0 spiro atoms. The molecule has 0 aromatic rings. The molecule has 0 saturated heterocycles. The van der Waals surface area contributed by atoms with Gasteiger partial charge in [-0.25, -0.2) is 0 Å². The molecule has 0 radical (unpaired) electrons. The van der Waals surface area contributed by atoms with E-state index in [1.54, 1.807) is 0 Å². The van der Waals surface area contributed by atoms with Gasteiger partial charge in [0.05, 0.1) is 0 Å². The van der Waals surface area contributed by atoms with Gasteiger partial charge in [0.15, 0.2) is 6.10 Å². The summed E-state index contributed by atoms with van der Waals surface area (Å²) in [6, 6.07) is 0. The van der Waals surface area contributed by atoms with Gasteiger partial charge < -0.3 is 14.2 Å². The Morgan fingerprint density at radius 1 is 0.229 bits per heavy atom. The van der Waals surface area contributed by atoms with Crippen LogP contribution in [0.4, 0.5) is 0 Å². The van der Waals surface area contributed by atoms with E-state index in [4.69, 9.17) is 14.2 Å². The molecular weight excluding hydrogens is 1020 g/mol. The molecule has 0 amide bonds. The molecule has 6 nitrogen and oxygen atoms in total. The highest BCUT2D eigenvalue weighted by Crippen LogP contribution is 2.19. The van der Waals surface area contributed by atoms with Crippen molar-refractivity contribution in [3.05, 3.63) is 24.3 Å². The molecule has 0 aliphatic rings. The average Bonchev–Trinajstić information content (AvgIpc) is 3.49. The zero-order valence-corrected chi connectivity index (χ0v) is 56.5. The van der Waals surface area contributed by atoms with E-state index >= 15 is 0 Å². The van der Waals surface area contributed by atoms with E-state index in [-0.39, 0.29) is 31.1 Å². The molecule has 0 bridgehead atoms. The SMILES string of the molecule is CCCCCCCCCC/C=C\CCCCCCCCCCCCCCCC(=O)OCC(COC(=O)CCCCCCCCCCCCCCCCCCC)OC(=O)CCCCCCCCCCCCC/C=C\CCCCCCCCCC. The maximum Gasteiger partial charge on any atom is 0.306 e. The Kier molecular flexibility index (Phi) is 70.5. The van der Waals surface area contributed by atoms with Crippen LogP contribution in [-0.4, -0.2) is 37.2 Å². The molecule has 0 aromatic carbocycles. The number of esters is 3. The number of ether oxygens (including phenoxy) is 3. The topological polar surface area (TPSA) is 78.9 Å². The molecule has 0 aliphatic heterocycles. The van der Waals surface area contributed by atoms with E-state index in [1.807, 2.05) is 0 Å². The molecule has 0 N–H and O–H groups in total. The van der Waals surface area contributed by atoms with Crippen molar-refractivity contribution in [3.8, 4) is 0 Å². The molecular formula is C77H146O6. The fourth-order valence-electron chi connectivity index (χ4n) is 11.7. The first kappa shape index (κ1) is 80.9. The summed E-state index contributed by atoms with van der Waals surface area (Å²) in [4.78, 5) is 38.6. The molecule has 0 saturated carbocycles. The van der Waals surface area contributed by atoms with E-state index in [1.165, 1.54) is 334 Å². The summed E-state index contributed by atoms with van der Waals surface area (Å²) in [5, 5.41) is 0. The van der Waals surface area contributed by atoms with Gasteiger partial charge in [-0.15, -0.1) is 0 Å². The molecule has 1 atom stereocenters. The molecule has 6 heteroatoms. The second-order valence-electron chi connectivity index (χ2n) is 25.9. The van der Waals surface area contributed by atoms with Crippen LogP contribution in [0.25, 0.3) is 0 Å². The number of rotatable bonds is 71. The van der Waals surface area contributed by atoms with Crippen LogP contribution < -0.4 is 0 Å². The Morgan fingerprint density at radius 3 is 0.602 bits per heavy atom. The number of carbonyl (C=O) groups is 3. The summed E-state index contributed by atoms with van der Waals surface area (Å²) in [6.45, 7) is 6.74. The van der Waals surface area contributed by atoms with Crippen molar-refractivity contribution in [1.29, 1.82) is 0 Å². The van der Waals surface area contributed by atoms with Crippen molar-refractivity contribution in [2.45, 2.75) is 438 Å². The molecule has 0 fully saturated rings. The highest BCUT2D eigenvalue weighted by atomic mass is 16.6. The number of carbonyl (C=O) groups excluding carboxylic acids is 3. The van der Waals surface area contributed by atoms with Gasteiger partial charge in [0.1, 0.15) is 13.2 Å². The van der Waals surface area contributed by atoms with Crippen molar-refractivity contribution < 1.29 is 28.6 Å². The summed E-state index contributed by atoms with van der Waals surface area (Å²) >= 11 is 0.